The van der Waals surface area contributed by atoms with E-state index in [-0.39, 0.29) is 5.95 Å². The van der Waals surface area contributed by atoms with Gasteiger partial charge < -0.3 is 4.90 Å². The lowest BCUT2D eigenvalue weighted by Gasteiger charge is -2.21. The van der Waals surface area contributed by atoms with Crippen LogP contribution in [0.25, 0.3) is 57.0 Å². The Morgan fingerprint density at radius 3 is 1.60 bits per heavy atom. The normalized spacial score (nSPS) is 11.6. The predicted molar refractivity (Wildman–Crippen MR) is 216 cm³/mol. The van der Waals surface area contributed by atoms with Crippen LogP contribution in [-0.4, -0.2) is 62.3 Å². The molecule has 0 unspecified atom stereocenters. The SMILES string of the molecule is Cc1ccccc1N(C)c1ncccc1C=Nc1nc(-c2nc3cccnc3n2-c2ccccc2C)nc(-c2nc3cccnc3n2-c2ccccc2C)n1. The van der Waals surface area contributed by atoms with Crippen molar-refractivity contribution >= 4 is 46.0 Å². The fourth-order valence-electron chi connectivity index (χ4n) is 6.80. The van der Waals surface area contributed by atoms with E-state index in [1.807, 2.05) is 101 Å². The van der Waals surface area contributed by atoms with Gasteiger partial charge in [0.05, 0.1) is 11.4 Å². The van der Waals surface area contributed by atoms with Gasteiger partial charge in [-0.1, -0.05) is 54.6 Å². The number of benzene rings is 3. The molecule has 266 valence electrons. The second kappa shape index (κ2) is 13.8. The van der Waals surface area contributed by atoms with E-state index < -0.39 is 0 Å². The smallest absolute Gasteiger partial charge is 0.253 e. The number of anilines is 2. The molecule has 0 atom stereocenters. The molecular formula is C43H34N12. The largest absolute Gasteiger partial charge is 0.329 e. The summed E-state index contributed by atoms with van der Waals surface area (Å²) in [4.78, 5) is 46.3. The van der Waals surface area contributed by atoms with Crippen LogP contribution in [0.1, 0.15) is 22.3 Å². The molecule has 9 aromatic rings. The first-order valence-electron chi connectivity index (χ1n) is 17.8. The van der Waals surface area contributed by atoms with Crippen LogP contribution in [0.5, 0.6) is 0 Å². The lowest BCUT2D eigenvalue weighted by molar-refractivity contribution is 0.963. The van der Waals surface area contributed by atoms with Gasteiger partial charge in [-0.15, -0.1) is 0 Å². The molecule has 0 radical (unpaired) electrons. The number of pyridine rings is 3. The van der Waals surface area contributed by atoms with Crippen molar-refractivity contribution in [1.82, 2.24) is 49.0 Å². The number of aliphatic imine (C=N–C) groups is 1. The Morgan fingerprint density at radius 2 is 1.04 bits per heavy atom. The van der Waals surface area contributed by atoms with Gasteiger partial charge in [0.2, 0.25) is 11.6 Å². The zero-order chi connectivity index (χ0) is 37.5. The minimum absolute atomic E-state index is 0.168. The minimum Gasteiger partial charge on any atom is -0.329 e. The van der Waals surface area contributed by atoms with E-state index in [4.69, 9.17) is 44.9 Å². The van der Waals surface area contributed by atoms with Crippen LogP contribution >= 0.6 is 0 Å². The Balaban J connectivity index is 1.28. The Hall–Kier alpha value is -7.47. The summed E-state index contributed by atoms with van der Waals surface area (Å²) < 4.78 is 3.97. The van der Waals surface area contributed by atoms with Crippen LogP contribution in [0.15, 0.2) is 133 Å². The molecule has 0 N–H and O–H groups in total. The molecule has 6 aromatic heterocycles. The second-order valence-electron chi connectivity index (χ2n) is 13.1. The van der Waals surface area contributed by atoms with Gasteiger partial charge in [0, 0.05) is 43.1 Å². The van der Waals surface area contributed by atoms with Gasteiger partial charge >= 0.3 is 0 Å². The Bertz CT molecular complexity index is 2770. The summed E-state index contributed by atoms with van der Waals surface area (Å²) in [5.41, 5.74) is 9.57. The van der Waals surface area contributed by atoms with Crippen LogP contribution < -0.4 is 4.90 Å². The van der Waals surface area contributed by atoms with Crippen LogP contribution in [0.3, 0.4) is 0 Å². The van der Waals surface area contributed by atoms with Crippen molar-refractivity contribution in [3.63, 3.8) is 0 Å². The predicted octanol–water partition coefficient (Wildman–Crippen LogP) is 8.51. The van der Waals surface area contributed by atoms with E-state index in [1.54, 1.807) is 24.8 Å². The molecule has 6 heterocycles. The van der Waals surface area contributed by atoms with Gasteiger partial charge in [0.15, 0.2) is 22.9 Å². The molecule has 9 rings (SSSR count). The number of hydrogen-bond donors (Lipinski definition) is 0. The number of fused-ring (bicyclic) bond motifs is 2. The third-order valence-corrected chi connectivity index (χ3v) is 9.50. The van der Waals surface area contributed by atoms with Crippen molar-refractivity contribution in [2.24, 2.45) is 4.99 Å². The molecule has 12 heteroatoms. The summed E-state index contributed by atoms with van der Waals surface area (Å²) in [6, 6.07) is 35.8. The molecule has 0 amide bonds. The molecule has 0 saturated carbocycles. The summed E-state index contributed by atoms with van der Waals surface area (Å²) in [5, 5.41) is 0. The Morgan fingerprint density at radius 1 is 0.527 bits per heavy atom. The summed E-state index contributed by atoms with van der Waals surface area (Å²) in [7, 11) is 2.00. The van der Waals surface area contributed by atoms with Gasteiger partial charge in [0.1, 0.15) is 16.9 Å². The Kier molecular flexibility index (Phi) is 8.39. The van der Waals surface area contributed by atoms with E-state index in [0.29, 0.717) is 45.6 Å². The highest BCUT2D eigenvalue weighted by Crippen LogP contribution is 2.33. The average molecular weight is 719 g/mol. The van der Waals surface area contributed by atoms with E-state index >= 15 is 0 Å². The number of nitrogens with zero attached hydrogens (tertiary/aromatic N) is 12. The first-order valence-corrected chi connectivity index (χ1v) is 17.8. The van der Waals surface area contributed by atoms with Gasteiger partial charge in [-0.3, -0.25) is 9.13 Å². The van der Waals surface area contributed by atoms with Crippen LogP contribution in [0.4, 0.5) is 17.5 Å². The van der Waals surface area contributed by atoms with Crippen molar-refractivity contribution in [1.29, 1.82) is 0 Å². The highest BCUT2D eigenvalue weighted by atomic mass is 15.2. The molecule has 0 aliphatic rings. The van der Waals surface area contributed by atoms with E-state index in [9.17, 15) is 0 Å². The lowest BCUT2D eigenvalue weighted by Crippen LogP contribution is -2.14. The number of aromatic nitrogens is 10. The zero-order valence-corrected chi connectivity index (χ0v) is 30.6. The molecular weight excluding hydrogens is 685 g/mol. The zero-order valence-electron chi connectivity index (χ0n) is 30.6. The van der Waals surface area contributed by atoms with E-state index in [2.05, 4.69) is 49.9 Å². The highest BCUT2D eigenvalue weighted by Gasteiger charge is 2.24. The second-order valence-corrected chi connectivity index (χ2v) is 13.1. The number of aryl methyl sites for hydroxylation is 3. The first-order chi connectivity index (χ1) is 26.9. The number of para-hydroxylation sites is 3. The molecule has 12 nitrogen and oxygen atoms in total. The van der Waals surface area contributed by atoms with Crippen molar-refractivity contribution in [3.05, 3.63) is 150 Å². The monoisotopic (exact) mass is 718 g/mol. The lowest BCUT2D eigenvalue weighted by atomic mass is 10.1. The molecule has 0 bridgehead atoms. The van der Waals surface area contributed by atoms with Gasteiger partial charge in [-0.05, 0) is 92.1 Å². The Labute approximate surface area is 316 Å². The fraction of sp³-hybridized carbons (Fsp3) is 0.0930. The molecule has 0 aliphatic heterocycles. The van der Waals surface area contributed by atoms with Crippen LogP contribution in [0, 0.1) is 20.8 Å². The molecule has 0 aliphatic carbocycles. The third-order valence-electron chi connectivity index (χ3n) is 9.50. The fourth-order valence-corrected chi connectivity index (χ4v) is 6.80. The quantitative estimate of drug-likeness (QED) is 0.142. The summed E-state index contributed by atoms with van der Waals surface area (Å²) in [6.45, 7) is 6.19. The average Bonchev–Trinajstić information content (AvgIpc) is 3.80. The van der Waals surface area contributed by atoms with E-state index in [0.717, 1.165) is 45.1 Å². The maximum atomic E-state index is 5.11. The molecule has 55 heavy (non-hydrogen) atoms. The maximum absolute atomic E-state index is 5.11. The summed E-state index contributed by atoms with van der Waals surface area (Å²) >= 11 is 0. The van der Waals surface area contributed by atoms with E-state index in [1.165, 1.54) is 0 Å². The van der Waals surface area contributed by atoms with Crippen molar-refractivity contribution < 1.29 is 0 Å². The standard InChI is InChI=1S/C43H34N12/c1-27-14-5-8-20-33(27)53(4)38-30(17-11-23-44-38)26-47-43-51-36(41-48-31-18-12-24-45-39(31)54(41)34-21-9-6-15-28(34)2)50-37(52-43)42-49-32-19-13-25-46-40(32)55(42)35-22-10-7-16-29(35)3/h5-26H,1-4H3. The molecule has 3 aromatic carbocycles. The van der Waals surface area contributed by atoms with Gasteiger partial charge in [-0.2, -0.15) is 9.97 Å². The number of hydrogen-bond acceptors (Lipinski definition) is 10. The summed E-state index contributed by atoms with van der Waals surface area (Å²) in [6.07, 6.45) is 7.02. The van der Waals surface area contributed by atoms with Crippen LogP contribution in [0.2, 0.25) is 0 Å². The van der Waals surface area contributed by atoms with Crippen LogP contribution in [-0.2, 0) is 0 Å². The minimum atomic E-state index is 0.168. The maximum Gasteiger partial charge on any atom is 0.253 e. The third kappa shape index (κ3) is 6.05. The molecule has 0 saturated heterocycles. The summed E-state index contributed by atoms with van der Waals surface area (Å²) in [5.74, 6) is 2.48. The highest BCUT2D eigenvalue weighted by molar-refractivity contribution is 5.89. The first kappa shape index (κ1) is 33.4. The van der Waals surface area contributed by atoms with Crippen molar-refractivity contribution in [2.45, 2.75) is 20.8 Å². The number of imidazole rings is 2. The van der Waals surface area contributed by atoms with Gasteiger partial charge in [0.25, 0.3) is 5.95 Å². The topological polar surface area (TPSA) is 129 Å². The molecule has 0 spiro atoms. The van der Waals surface area contributed by atoms with Crippen molar-refractivity contribution in [3.8, 4) is 34.7 Å². The van der Waals surface area contributed by atoms with Crippen molar-refractivity contribution in [2.75, 3.05) is 11.9 Å². The number of rotatable bonds is 8. The molecule has 0 fully saturated rings. The van der Waals surface area contributed by atoms with Gasteiger partial charge in [-0.25, -0.2) is 34.9 Å².